The Kier molecular flexibility index (Phi) is 5.02. The van der Waals surface area contributed by atoms with E-state index in [0.29, 0.717) is 19.0 Å². The fourth-order valence-electron chi connectivity index (χ4n) is 3.75. The molecule has 6 nitrogen and oxygen atoms in total. The Hall–Kier alpha value is -1.40. The molecule has 0 spiro atoms. The molecule has 1 aliphatic carbocycles. The van der Waals surface area contributed by atoms with Crippen molar-refractivity contribution in [1.29, 1.82) is 0 Å². The molecule has 1 aliphatic heterocycles. The number of likely N-dealkylation sites (tertiary alicyclic amines) is 1. The second-order valence-electron chi connectivity index (χ2n) is 7.17. The van der Waals surface area contributed by atoms with Gasteiger partial charge in [0.2, 0.25) is 5.91 Å². The molecule has 0 saturated carbocycles. The first-order chi connectivity index (χ1) is 11.0. The number of H-pyrrole nitrogens is 1. The second-order valence-corrected chi connectivity index (χ2v) is 7.17. The zero-order valence-corrected chi connectivity index (χ0v) is 14.6. The van der Waals surface area contributed by atoms with E-state index in [2.05, 4.69) is 34.1 Å². The van der Waals surface area contributed by atoms with Gasteiger partial charge in [0, 0.05) is 38.3 Å². The number of aromatic amines is 1. The number of likely N-dealkylation sites (N-methyl/N-ethyl adjacent to an activating group) is 2. The van der Waals surface area contributed by atoms with Crippen LogP contribution in [0.5, 0.6) is 0 Å². The number of rotatable bonds is 6. The maximum Gasteiger partial charge on any atom is 0.223 e. The Balaban J connectivity index is 1.46. The zero-order valence-electron chi connectivity index (χ0n) is 14.6. The smallest absolute Gasteiger partial charge is 0.223 e. The highest BCUT2D eigenvalue weighted by atomic mass is 16.2. The normalized spacial score (nSPS) is 21.1. The van der Waals surface area contributed by atoms with E-state index < -0.39 is 0 Å². The summed E-state index contributed by atoms with van der Waals surface area (Å²) in [4.78, 5) is 18.9. The minimum absolute atomic E-state index is 0.206. The van der Waals surface area contributed by atoms with Crippen molar-refractivity contribution < 1.29 is 4.79 Å². The predicted octanol–water partition coefficient (Wildman–Crippen LogP) is 0.883. The topological polar surface area (TPSA) is 55.5 Å². The third-order valence-electron chi connectivity index (χ3n) is 5.37. The van der Waals surface area contributed by atoms with E-state index in [4.69, 9.17) is 0 Å². The first-order valence-electron chi connectivity index (χ1n) is 8.72. The van der Waals surface area contributed by atoms with E-state index in [0.717, 1.165) is 38.2 Å². The summed E-state index contributed by atoms with van der Waals surface area (Å²) in [6.07, 6.45) is 5.19. The number of carbonyl (C=O) groups excluding carboxylic acids is 1. The van der Waals surface area contributed by atoms with Gasteiger partial charge in [0.05, 0.1) is 12.2 Å². The first-order valence-corrected chi connectivity index (χ1v) is 8.72. The number of fused-ring (bicyclic) bond motifs is 1. The molecule has 2 aliphatic rings. The second kappa shape index (κ2) is 7.01. The third-order valence-corrected chi connectivity index (χ3v) is 5.37. The lowest BCUT2D eigenvalue weighted by atomic mass is 10.2. The molecule has 23 heavy (non-hydrogen) atoms. The number of amides is 1. The summed E-state index contributed by atoms with van der Waals surface area (Å²) in [5.41, 5.74) is 3.67. The molecule has 6 heteroatoms. The molecule has 1 aromatic rings. The standard InChI is InChI=1S/C17H29N5O/c1-20-9-7-13(11-20)21(2)10-8-17(23)22(3)12-16-14-5-4-6-15(14)18-19-16/h13H,4-12H2,1-3H3,(H,18,19)/t13-/m0/s1. The SMILES string of the molecule is CN1CC[C@H](N(C)CCC(=O)N(C)Cc2n[nH]c3c2CCC3)C1. The van der Waals surface area contributed by atoms with Gasteiger partial charge in [-0.2, -0.15) is 5.10 Å². The summed E-state index contributed by atoms with van der Waals surface area (Å²) >= 11 is 0. The number of hydrogen-bond donors (Lipinski definition) is 1. The largest absolute Gasteiger partial charge is 0.340 e. The van der Waals surface area contributed by atoms with E-state index in [1.807, 2.05) is 11.9 Å². The number of carbonyl (C=O) groups is 1. The number of aromatic nitrogens is 2. The predicted molar refractivity (Wildman–Crippen MR) is 90.2 cm³/mol. The molecular weight excluding hydrogens is 290 g/mol. The van der Waals surface area contributed by atoms with Crippen LogP contribution < -0.4 is 0 Å². The van der Waals surface area contributed by atoms with Gasteiger partial charge in [0.1, 0.15) is 0 Å². The Labute approximate surface area is 138 Å². The van der Waals surface area contributed by atoms with E-state index in [-0.39, 0.29) is 5.91 Å². The van der Waals surface area contributed by atoms with Crippen molar-refractivity contribution in [2.75, 3.05) is 40.8 Å². The van der Waals surface area contributed by atoms with Crippen LogP contribution in [-0.2, 0) is 24.2 Å². The van der Waals surface area contributed by atoms with Gasteiger partial charge in [-0.1, -0.05) is 0 Å². The van der Waals surface area contributed by atoms with Crippen LogP contribution in [0.3, 0.4) is 0 Å². The molecule has 128 valence electrons. The summed E-state index contributed by atoms with van der Waals surface area (Å²) in [6, 6.07) is 0.590. The lowest BCUT2D eigenvalue weighted by Crippen LogP contribution is -2.37. The Morgan fingerprint density at radius 2 is 2.22 bits per heavy atom. The molecular formula is C17H29N5O. The van der Waals surface area contributed by atoms with Gasteiger partial charge in [0.15, 0.2) is 0 Å². The molecule has 0 radical (unpaired) electrons. The number of nitrogens with zero attached hydrogens (tertiary/aromatic N) is 4. The van der Waals surface area contributed by atoms with Gasteiger partial charge >= 0.3 is 0 Å². The minimum atomic E-state index is 0.206. The van der Waals surface area contributed by atoms with Crippen LogP contribution in [0.1, 0.15) is 36.2 Å². The van der Waals surface area contributed by atoms with Crippen molar-refractivity contribution in [3.8, 4) is 0 Å². The average Bonchev–Trinajstić information content (AvgIpc) is 3.23. The van der Waals surface area contributed by atoms with Crippen LogP contribution in [0.4, 0.5) is 0 Å². The van der Waals surface area contributed by atoms with Crippen LogP contribution >= 0.6 is 0 Å². The molecule has 1 atom stereocenters. The van der Waals surface area contributed by atoms with Gasteiger partial charge in [-0.15, -0.1) is 0 Å². The van der Waals surface area contributed by atoms with Crippen LogP contribution in [0.2, 0.25) is 0 Å². The molecule has 1 N–H and O–H groups in total. The lowest BCUT2D eigenvalue weighted by Gasteiger charge is -2.25. The number of hydrogen-bond acceptors (Lipinski definition) is 4. The van der Waals surface area contributed by atoms with Gasteiger partial charge in [-0.3, -0.25) is 9.89 Å². The Morgan fingerprint density at radius 1 is 1.39 bits per heavy atom. The molecule has 0 bridgehead atoms. The van der Waals surface area contributed by atoms with Gasteiger partial charge in [-0.05, 0) is 51.9 Å². The maximum absolute atomic E-state index is 12.4. The zero-order chi connectivity index (χ0) is 16.4. The van der Waals surface area contributed by atoms with Crippen LogP contribution in [0.25, 0.3) is 0 Å². The lowest BCUT2D eigenvalue weighted by molar-refractivity contribution is -0.130. The van der Waals surface area contributed by atoms with Crippen molar-refractivity contribution in [1.82, 2.24) is 24.9 Å². The molecule has 1 aromatic heterocycles. The fraction of sp³-hybridized carbons (Fsp3) is 0.765. The number of aryl methyl sites for hydroxylation is 1. The molecule has 3 rings (SSSR count). The van der Waals surface area contributed by atoms with Crippen LogP contribution in [0.15, 0.2) is 0 Å². The molecule has 0 aromatic carbocycles. The minimum Gasteiger partial charge on any atom is -0.340 e. The van der Waals surface area contributed by atoms with Crippen molar-refractivity contribution in [2.45, 2.75) is 44.7 Å². The molecule has 1 amide bonds. The number of nitrogens with one attached hydrogen (secondary N) is 1. The average molecular weight is 319 g/mol. The van der Waals surface area contributed by atoms with E-state index >= 15 is 0 Å². The van der Waals surface area contributed by atoms with Crippen molar-refractivity contribution in [3.05, 3.63) is 17.0 Å². The molecule has 1 saturated heterocycles. The van der Waals surface area contributed by atoms with Crippen LogP contribution in [0, 0.1) is 0 Å². The maximum atomic E-state index is 12.4. The summed E-state index contributed by atoms with van der Waals surface area (Å²) in [5.74, 6) is 0.206. The highest BCUT2D eigenvalue weighted by Crippen LogP contribution is 2.23. The van der Waals surface area contributed by atoms with Crippen molar-refractivity contribution in [3.63, 3.8) is 0 Å². The van der Waals surface area contributed by atoms with Gasteiger partial charge < -0.3 is 14.7 Å². The van der Waals surface area contributed by atoms with E-state index in [1.165, 1.54) is 24.1 Å². The fourth-order valence-corrected chi connectivity index (χ4v) is 3.75. The Morgan fingerprint density at radius 3 is 2.96 bits per heavy atom. The summed E-state index contributed by atoms with van der Waals surface area (Å²) < 4.78 is 0. The summed E-state index contributed by atoms with van der Waals surface area (Å²) in [6.45, 7) is 3.73. The van der Waals surface area contributed by atoms with E-state index in [1.54, 1.807) is 0 Å². The highest BCUT2D eigenvalue weighted by Gasteiger charge is 2.24. The quantitative estimate of drug-likeness (QED) is 0.846. The van der Waals surface area contributed by atoms with E-state index in [9.17, 15) is 4.79 Å². The Bertz CT molecular complexity index is 555. The summed E-state index contributed by atoms with van der Waals surface area (Å²) in [5, 5.41) is 7.51. The first kappa shape index (κ1) is 16.5. The molecule has 2 heterocycles. The van der Waals surface area contributed by atoms with Crippen molar-refractivity contribution >= 4 is 5.91 Å². The molecule has 1 fully saturated rings. The van der Waals surface area contributed by atoms with Gasteiger partial charge in [0.25, 0.3) is 0 Å². The van der Waals surface area contributed by atoms with Crippen LogP contribution in [-0.4, -0.2) is 77.6 Å². The highest BCUT2D eigenvalue weighted by molar-refractivity contribution is 5.76. The third kappa shape index (κ3) is 3.75. The summed E-state index contributed by atoms with van der Waals surface area (Å²) in [7, 11) is 6.19. The molecule has 0 unspecified atom stereocenters. The van der Waals surface area contributed by atoms with Crippen molar-refractivity contribution in [2.24, 2.45) is 0 Å². The monoisotopic (exact) mass is 319 g/mol. The van der Waals surface area contributed by atoms with Gasteiger partial charge in [-0.25, -0.2) is 0 Å².